The maximum absolute atomic E-state index is 11.6. The van der Waals surface area contributed by atoms with Gasteiger partial charge in [-0.25, -0.2) is 4.79 Å². The monoisotopic (exact) mass is 312 g/mol. The Hall–Kier alpha value is -1.56. The van der Waals surface area contributed by atoms with Crippen LogP contribution in [0.5, 0.6) is 0 Å². The van der Waals surface area contributed by atoms with Gasteiger partial charge in [0.05, 0.1) is 6.54 Å². The Morgan fingerprint density at radius 1 is 1.24 bits per heavy atom. The Morgan fingerprint density at radius 3 is 2.43 bits per heavy atom. The molecule has 0 aliphatic heterocycles. The van der Waals surface area contributed by atoms with E-state index in [0.717, 1.165) is 5.56 Å². The van der Waals surface area contributed by atoms with Crippen molar-refractivity contribution in [3.8, 4) is 0 Å². The van der Waals surface area contributed by atoms with E-state index in [1.807, 2.05) is 26.0 Å². The predicted molar refractivity (Wildman–Crippen MR) is 84.1 cm³/mol. The Morgan fingerprint density at radius 2 is 1.86 bits per heavy atom. The summed E-state index contributed by atoms with van der Waals surface area (Å²) in [4.78, 5) is 11.6. The summed E-state index contributed by atoms with van der Waals surface area (Å²) in [6.07, 6.45) is 2.92. The summed E-state index contributed by atoms with van der Waals surface area (Å²) in [6.45, 7) is 5.11. The smallest absolute Gasteiger partial charge is 0.318 e. The molecule has 0 spiro atoms. The highest BCUT2D eigenvalue weighted by atomic mass is 35.5. The Labute approximate surface area is 130 Å². The number of nitrogens with one attached hydrogen (secondary N) is 2. The zero-order chi connectivity index (χ0) is 15.5. The molecule has 2 amide bonds. The van der Waals surface area contributed by atoms with Crippen LogP contribution in [0.15, 0.2) is 30.5 Å². The summed E-state index contributed by atoms with van der Waals surface area (Å²) >= 11 is 5.79. The van der Waals surface area contributed by atoms with Crippen LogP contribution in [0.2, 0.25) is 5.02 Å². The summed E-state index contributed by atoms with van der Waals surface area (Å²) < 4.78 is 10.6. The molecule has 0 aromatic heterocycles. The highest BCUT2D eigenvalue weighted by molar-refractivity contribution is 6.30. The number of amides is 2. The van der Waals surface area contributed by atoms with Crippen molar-refractivity contribution in [3.63, 3.8) is 0 Å². The van der Waals surface area contributed by atoms with Crippen LogP contribution in [0.25, 0.3) is 6.08 Å². The summed E-state index contributed by atoms with van der Waals surface area (Å²) in [6, 6.07) is 6.98. The molecule has 1 aromatic rings. The highest BCUT2D eigenvalue weighted by Crippen LogP contribution is 2.10. The molecule has 1 aromatic carbocycles. The van der Waals surface area contributed by atoms with Crippen LogP contribution in [-0.2, 0) is 9.47 Å². The number of benzene rings is 1. The molecule has 0 fully saturated rings. The average molecular weight is 313 g/mol. The van der Waals surface area contributed by atoms with E-state index in [4.69, 9.17) is 21.1 Å². The molecule has 0 radical (unpaired) electrons. The standard InChI is InChI=1S/C15H21ClN2O3/c1-3-20-14(21-4-2)11-18-15(19)17-10-9-12-5-7-13(16)8-6-12/h5-10,14H,3-4,11H2,1-2H3,(H2,17,18,19)/b10-9+. The lowest BCUT2D eigenvalue weighted by Crippen LogP contribution is -2.39. The first-order valence-electron chi connectivity index (χ1n) is 6.85. The first-order chi connectivity index (χ1) is 10.2. The molecule has 0 bridgehead atoms. The molecule has 2 N–H and O–H groups in total. The molecule has 5 nitrogen and oxygen atoms in total. The second kappa shape index (κ2) is 10.2. The Balaban J connectivity index is 2.31. The maximum Gasteiger partial charge on any atom is 0.318 e. The van der Waals surface area contributed by atoms with Crippen molar-refractivity contribution in [1.82, 2.24) is 10.6 Å². The van der Waals surface area contributed by atoms with E-state index < -0.39 is 6.29 Å². The zero-order valence-electron chi connectivity index (χ0n) is 12.3. The molecule has 0 heterocycles. The summed E-state index contributed by atoms with van der Waals surface area (Å²) in [5, 5.41) is 5.96. The quantitative estimate of drug-likeness (QED) is 0.725. The largest absolute Gasteiger partial charge is 0.351 e. The van der Waals surface area contributed by atoms with Crippen LogP contribution in [0.3, 0.4) is 0 Å². The normalized spacial score (nSPS) is 11.0. The van der Waals surface area contributed by atoms with E-state index in [1.54, 1.807) is 24.4 Å². The van der Waals surface area contributed by atoms with Gasteiger partial charge in [0.15, 0.2) is 6.29 Å². The molecule has 0 aliphatic rings. The minimum Gasteiger partial charge on any atom is -0.351 e. The summed E-state index contributed by atoms with van der Waals surface area (Å²) in [7, 11) is 0. The fourth-order valence-electron chi connectivity index (χ4n) is 1.55. The first kappa shape index (κ1) is 17.5. The molecule has 0 saturated carbocycles. The van der Waals surface area contributed by atoms with Crippen LogP contribution in [-0.4, -0.2) is 32.1 Å². The lowest BCUT2D eigenvalue weighted by molar-refractivity contribution is -0.131. The predicted octanol–water partition coefficient (Wildman–Crippen LogP) is 3.01. The van der Waals surface area contributed by atoms with Crippen molar-refractivity contribution in [2.45, 2.75) is 20.1 Å². The van der Waals surface area contributed by atoms with Gasteiger partial charge in [-0.15, -0.1) is 0 Å². The van der Waals surface area contributed by atoms with Crippen molar-refractivity contribution in [2.24, 2.45) is 0 Å². The first-order valence-corrected chi connectivity index (χ1v) is 7.23. The minimum atomic E-state index is -0.425. The SMILES string of the molecule is CCOC(CNC(=O)N/C=C/c1ccc(Cl)cc1)OCC. The van der Waals surface area contributed by atoms with E-state index in [2.05, 4.69) is 10.6 Å². The molecular weight excluding hydrogens is 292 g/mol. The molecule has 21 heavy (non-hydrogen) atoms. The van der Waals surface area contributed by atoms with Crippen molar-refractivity contribution in [2.75, 3.05) is 19.8 Å². The van der Waals surface area contributed by atoms with Gasteiger partial charge in [0, 0.05) is 24.4 Å². The summed E-state index contributed by atoms with van der Waals surface area (Å²) in [5.41, 5.74) is 0.946. The van der Waals surface area contributed by atoms with E-state index in [1.165, 1.54) is 0 Å². The lowest BCUT2D eigenvalue weighted by Gasteiger charge is -2.17. The van der Waals surface area contributed by atoms with Crippen molar-refractivity contribution < 1.29 is 14.3 Å². The third-order valence-corrected chi connectivity index (χ3v) is 2.75. The van der Waals surface area contributed by atoms with Gasteiger partial charge in [-0.2, -0.15) is 0 Å². The van der Waals surface area contributed by atoms with Crippen LogP contribution >= 0.6 is 11.6 Å². The van der Waals surface area contributed by atoms with E-state index in [-0.39, 0.29) is 6.03 Å². The number of carbonyl (C=O) groups is 1. The molecule has 116 valence electrons. The number of carbonyl (C=O) groups excluding carboxylic acids is 1. The minimum absolute atomic E-state index is 0.294. The van der Waals surface area contributed by atoms with Gasteiger partial charge in [-0.1, -0.05) is 23.7 Å². The van der Waals surface area contributed by atoms with Crippen LogP contribution in [0.4, 0.5) is 4.79 Å². The van der Waals surface area contributed by atoms with Crippen molar-refractivity contribution in [3.05, 3.63) is 41.1 Å². The third-order valence-electron chi connectivity index (χ3n) is 2.49. The van der Waals surface area contributed by atoms with Gasteiger partial charge in [0.25, 0.3) is 0 Å². The molecule has 6 heteroatoms. The fourth-order valence-corrected chi connectivity index (χ4v) is 1.68. The number of halogens is 1. The van der Waals surface area contributed by atoms with Crippen molar-refractivity contribution in [1.29, 1.82) is 0 Å². The lowest BCUT2D eigenvalue weighted by atomic mass is 10.2. The van der Waals surface area contributed by atoms with Gasteiger partial charge < -0.3 is 20.1 Å². The Bertz CT molecular complexity index is 443. The van der Waals surface area contributed by atoms with Crippen molar-refractivity contribution >= 4 is 23.7 Å². The van der Waals surface area contributed by atoms with Crippen LogP contribution in [0.1, 0.15) is 19.4 Å². The second-order valence-electron chi connectivity index (χ2n) is 4.08. The number of hydrogen-bond donors (Lipinski definition) is 2. The average Bonchev–Trinajstić information content (AvgIpc) is 2.47. The van der Waals surface area contributed by atoms with Crippen LogP contribution < -0.4 is 10.6 Å². The highest BCUT2D eigenvalue weighted by Gasteiger charge is 2.08. The molecular formula is C15H21ClN2O3. The number of hydrogen-bond acceptors (Lipinski definition) is 3. The van der Waals surface area contributed by atoms with Gasteiger partial charge in [-0.05, 0) is 37.6 Å². The van der Waals surface area contributed by atoms with E-state index >= 15 is 0 Å². The topological polar surface area (TPSA) is 59.6 Å². The van der Waals surface area contributed by atoms with Gasteiger partial charge in [-0.3, -0.25) is 0 Å². The zero-order valence-corrected chi connectivity index (χ0v) is 13.0. The molecule has 0 aliphatic carbocycles. The fraction of sp³-hybridized carbons (Fsp3) is 0.400. The van der Waals surface area contributed by atoms with Gasteiger partial charge in [0.2, 0.25) is 0 Å². The maximum atomic E-state index is 11.6. The molecule has 0 saturated heterocycles. The van der Waals surface area contributed by atoms with Gasteiger partial charge >= 0.3 is 6.03 Å². The van der Waals surface area contributed by atoms with Crippen LogP contribution in [0, 0.1) is 0 Å². The number of rotatable bonds is 8. The Kier molecular flexibility index (Phi) is 8.50. The molecule has 0 unspecified atom stereocenters. The third kappa shape index (κ3) is 7.70. The molecule has 1 rings (SSSR count). The molecule has 0 atom stereocenters. The number of ether oxygens (including phenoxy) is 2. The summed E-state index contributed by atoms with van der Waals surface area (Å²) in [5.74, 6) is 0. The number of urea groups is 1. The van der Waals surface area contributed by atoms with E-state index in [0.29, 0.717) is 24.8 Å². The van der Waals surface area contributed by atoms with E-state index in [9.17, 15) is 4.79 Å². The van der Waals surface area contributed by atoms with Gasteiger partial charge in [0.1, 0.15) is 0 Å². The second-order valence-corrected chi connectivity index (χ2v) is 4.52.